The van der Waals surface area contributed by atoms with Crippen LogP contribution in [0, 0.1) is 10.1 Å². The number of hydrogen-bond acceptors (Lipinski definition) is 5. The molecule has 0 saturated carbocycles. The van der Waals surface area contributed by atoms with Crippen LogP contribution >= 0.6 is 15.9 Å². The number of benzene rings is 3. The number of halogens is 1. The largest absolute Gasteiger partial charge is 0.379 e. The Kier molecular flexibility index (Phi) is 4.25. The minimum atomic E-state index is -4.19. The quantitative estimate of drug-likeness (QED) is 0.366. The minimum absolute atomic E-state index is 0.135. The van der Waals surface area contributed by atoms with Crippen molar-refractivity contribution in [3.8, 4) is 5.75 Å². The van der Waals surface area contributed by atoms with Crippen LogP contribution in [0.1, 0.15) is 0 Å². The van der Waals surface area contributed by atoms with Gasteiger partial charge in [-0.15, -0.1) is 0 Å². The third kappa shape index (κ3) is 3.39. The first-order chi connectivity index (χ1) is 11.3. The van der Waals surface area contributed by atoms with Crippen LogP contribution in [0.25, 0.3) is 10.8 Å². The third-order valence-electron chi connectivity index (χ3n) is 3.28. The van der Waals surface area contributed by atoms with E-state index in [4.69, 9.17) is 4.18 Å². The lowest BCUT2D eigenvalue weighted by Crippen LogP contribution is -2.10. The summed E-state index contributed by atoms with van der Waals surface area (Å²) in [4.78, 5) is 9.92. The zero-order valence-corrected chi connectivity index (χ0v) is 14.5. The Morgan fingerprint density at radius 3 is 2.38 bits per heavy atom. The van der Waals surface area contributed by atoms with Gasteiger partial charge in [-0.1, -0.05) is 46.3 Å². The fourth-order valence-electron chi connectivity index (χ4n) is 2.19. The molecule has 3 rings (SSSR count). The van der Waals surface area contributed by atoms with E-state index >= 15 is 0 Å². The summed E-state index contributed by atoms with van der Waals surface area (Å²) in [5.74, 6) is 0.135. The van der Waals surface area contributed by atoms with Gasteiger partial charge in [-0.2, -0.15) is 8.42 Å². The Balaban J connectivity index is 1.99. The number of nitrogens with zero attached hydrogens (tertiary/aromatic N) is 1. The van der Waals surface area contributed by atoms with Gasteiger partial charge in [-0.05, 0) is 29.0 Å². The monoisotopic (exact) mass is 407 g/mol. The van der Waals surface area contributed by atoms with Crippen molar-refractivity contribution in [1.82, 2.24) is 0 Å². The second-order valence-electron chi connectivity index (χ2n) is 4.95. The Bertz CT molecular complexity index is 1050. The average Bonchev–Trinajstić information content (AvgIpc) is 2.53. The van der Waals surface area contributed by atoms with E-state index in [-0.39, 0.29) is 20.8 Å². The normalized spacial score (nSPS) is 11.4. The van der Waals surface area contributed by atoms with Crippen molar-refractivity contribution >= 4 is 42.5 Å². The molecule has 6 nitrogen and oxygen atoms in total. The topological polar surface area (TPSA) is 86.5 Å². The second-order valence-corrected chi connectivity index (χ2v) is 7.41. The molecule has 0 aliphatic carbocycles. The minimum Gasteiger partial charge on any atom is -0.379 e. The lowest BCUT2D eigenvalue weighted by molar-refractivity contribution is -0.385. The van der Waals surface area contributed by atoms with E-state index in [9.17, 15) is 18.5 Å². The predicted molar refractivity (Wildman–Crippen MR) is 92.6 cm³/mol. The highest BCUT2D eigenvalue weighted by atomic mass is 79.9. The van der Waals surface area contributed by atoms with E-state index in [1.165, 1.54) is 18.2 Å². The van der Waals surface area contributed by atoms with Gasteiger partial charge < -0.3 is 4.18 Å². The first kappa shape index (κ1) is 16.4. The SMILES string of the molecule is O=[N+]([O-])c1cc(Br)cc(S(=O)(=O)Oc2ccc3ccccc3c2)c1. The molecule has 24 heavy (non-hydrogen) atoms. The maximum Gasteiger partial charge on any atom is 0.339 e. The standard InChI is InChI=1S/C16H10BrNO5S/c17-13-8-14(18(19)20)10-16(9-13)24(21,22)23-15-6-5-11-3-1-2-4-12(11)7-15/h1-10H. The summed E-state index contributed by atoms with van der Waals surface area (Å²) in [7, 11) is -4.19. The molecule has 0 bridgehead atoms. The van der Waals surface area contributed by atoms with E-state index in [2.05, 4.69) is 15.9 Å². The summed E-state index contributed by atoms with van der Waals surface area (Å²) in [5, 5.41) is 12.7. The molecule has 3 aromatic rings. The maximum atomic E-state index is 12.4. The molecule has 0 aliphatic rings. The molecule has 3 aromatic carbocycles. The zero-order chi connectivity index (χ0) is 17.3. The molecule has 122 valence electrons. The molecule has 0 heterocycles. The van der Waals surface area contributed by atoms with Gasteiger partial charge in [0, 0.05) is 16.6 Å². The van der Waals surface area contributed by atoms with Gasteiger partial charge in [0.15, 0.2) is 0 Å². The highest BCUT2D eigenvalue weighted by Gasteiger charge is 2.21. The van der Waals surface area contributed by atoms with Crippen molar-refractivity contribution in [3.63, 3.8) is 0 Å². The van der Waals surface area contributed by atoms with Crippen molar-refractivity contribution in [3.05, 3.63) is 75.3 Å². The summed E-state index contributed by atoms with van der Waals surface area (Å²) in [6.07, 6.45) is 0. The summed E-state index contributed by atoms with van der Waals surface area (Å²) in [5.41, 5.74) is -0.343. The second kappa shape index (κ2) is 6.21. The summed E-state index contributed by atoms with van der Waals surface area (Å²) >= 11 is 3.07. The Morgan fingerprint density at radius 1 is 0.958 bits per heavy atom. The highest BCUT2D eigenvalue weighted by Crippen LogP contribution is 2.28. The lowest BCUT2D eigenvalue weighted by atomic mass is 10.1. The van der Waals surface area contributed by atoms with Crippen LogP contribution in [0.2, 0.25) is 0 Å². The van der Waals surface area contributed by atoms with Crippen molar-refractivity contribution in [1.29, 1.82) is 0 Å². The molecule has 0 aromatic heterocycles. The van der Waals surface area contributed by atoms with Crippen molar-refractivity contribution < 1.29 is 17.5 Å². The van der Waals surface area contributed by atoms with Crippen molar-refractivity contribution in [2.75, 3.05) is 0 Å². The van der Waals surface area contributed by atoms with Crippen LogP contribution in [-0.4, -0.2) is 13.3 Å². The summed E-state index contributed by atoms with van der Waals surface area (Å²) in [6.45, 7) is 0. The van der Waals surface area contributed by atoms with Gasteiger partial charge in [0.2, 0.25) is 0 Å². The summed E-state index contributed by atoms with van der Waals surface area (Å²) in [6, 6.07) is 15.7. The molecule has 0 N–H and O–H groups in total. The molecule has 0 atom stereocenters. The molecule has 0 aliphatic heterocycles. The van der Waals surface area contributed by atoms with Gasteiger partial charge in [-0.3, -0.25) is 10.1 Å². The number of nitro benzene ring substituents is 1. The molecule has 0 saturated heterocycles. The zero-order valence-electron chi connectivity index (χ0n) is 12.0. The van der Waals surface area contributed by atoms with E-state index in [0.29, 0.717) is 0 Å². The Hall–Kier alpha value is -2.45. The summed E-state index contributed by atoms with van der Waals surface area (Å²) < 4.78 is 30.2. The fraction of sp³-hybridized carbons (Fsp3) is 0. The molecular formula is C16H10BrNO5S. The number of fused-ring (bicyclic) bond motifs is 1. The van der Waals surface area contributed by atoms with Crippen LogP contribution in [0.4, 0.5) is 5.69 Å². The average molecular weight is 408 g/mol. The molecule has 0 amide bonds. The van der Waals surface area contributed by atoms with E-state index < -0.39 is 15.0 Å². The van der Waals surface area contributed by atoms with E-state index in [0.717, 1.165) is 16.8 Å². The van der Waals surface area contributed by atoms with Crippen LogP contribution in [0.15, 0.2) is 70.0 Å². The first-order valence-corrected chi connectivity index (χ1v) is 8.93. The van der Waals surface area contributed by atoms with Gasteiger partial charge in [0.1, 0.15) is 10.6 Å². The molecular weight excluding hydrogens is 398 g/mol. The number of rotatable bonds is 4. The predicted octanol–water partition coefficient (Wildman–Crippen LogP) is 4.28. The molecule has 0 fully saturated rings. The lowest BCUT2D eigenvalue weighted by Gasteiger charge is -2.08. The number of nitro groups is 1. The van der Waals surface area contributed by atoms with Crippen LogP contribution in [0.3, 0.4) is 0 Å². The van der Waals surface area contributed by atoms with Gasteiger partial charge >= 0.3 is 10.1 Å². The number of hydrogen-bond donors (Lipinski definition) is 0. The Labute approximate surface area is 146 Å². The highest BCUT2D eigenvalue weighted by molar-refractivity contribution is 9.10. The molecule has 0 radical (unpaired) electrons. The van der Waals surface area contributed by atoms with Gasteiger partial charge in [0.25, 0.3) is 5.69 Å². The molecule has 0 unspecified atom stereocenters. The Morgan fingerprint density at radius 2 is 1.67 bits per heavy atom. The third-order valence-corrected chi connectivity index (χ3v) is 4.97. The van der Waals surface area contributed by atoms with Crippen molar-refractivity contribution in [2.24, 2.45) is 0 Å². The fourth-order valence-corrected chi connectivity index (χ4v) is 3.81. The molecule has 8 heteroatoms. The van der Waals surface area contributed by atoms with Crippen LogP contribution in [-0.2, 0) is 10.1 Å². The van der Waals surface area contributed by atoms with Crippen LogP contribution in [0.5, 0.6) is 5.75 Å². The van der Waals surface area contributed by atoms with E-state index in [1.54, 1.807) is 12.1 Å². The smallest absolute Gasteiger partial charge is 0.339 e. The van der Waals surface area contributed by atoms with Gasteiger partial charge in [-0.25, -0.2) is 0 Å². The first-order valence-electron chi connectivity index (χ1n) is 6.73. The van der Waals surface area contributed by atoms with Gasteiger partial charge in [0.05, 0.1) is 4.92 Å². The number of non-ortho nitro benzene ring substituents is 1. The van der Waals surface area contributed by atoms with Crippen molar-refractivity contribution in [2.45, 2.75) is 4.90 Å². The van der Waals surface area contributed by atoms with Crippen LogP contribution < -0.4 is 4.18 Å². The maximum absolute atomic E-state index is 12.4. The molecule has 0 spiro atoms. The van der Waals surface area contributed by atoms with E-state index in [1.807, 2.05) is 24.3 Å².